The fourth-order valence-corrected chi connectivity index (χ4v) is 5.10. The maximum Gasteiger partial charge on any atom is 0.334 e. The van der Waals surface area contributed by atoms with E-state index in [0.717, 1.165) is 30.6 Å². The molecule has 0 unspecified atom stereocenters. The van der Waals surface area contributed by atoms with Crippen LogP contribution in [0.25, 0.3) is 0 Å². The van der Waals surface area contributed by atoms with Gasteiger partial charge in [-0.25, -0.2) is 18.1 Å². The lowest BCUT2D eigenvalue weighted by Gasteiger charge is -2.26. The molecule has 2 heterocycles. The molecule has 3 rings (SSSR count). The summed E-state index contributed by atoms with van der Waals surface area (Å²) < 4.78 is 27.1. The first-order chi connectivity index (χ1) is 14.8. The van der Waals surface area contributed by atoms with Crippen molar-refractivity contribution < 1.29 is 27.6 Å². The molecule has 0 spiro atoms. The summed E-state index contributed by atoms with van der Waals surface area (Å²) in [6, 6.07) is 5.00. The number of amides is 5. The van der Waals surface area contributed by atoms with Crippen molar-refractivity contribution in [3.05, 3.63) is 24.3 Å². The Morgan fingerprint density at radius 1 is 1.03 bits per heavy atom. The largest absolute Gasteiger partial charge is 0.334 e. The monoisotopic (exact) mass is 450 g/mol. The number of hydrogen-bond donors (Lipinski definition) is 1. The summed E-state index contributed by atoms with van der Waals surface area (Å²) in [6.07, 6.45) is 3.91. The molecular formula is C20H26N4O6S. The maximum atomic E-state index is 12.8. The molecule has 0 bridgehead atoms. The number of hydrogen-bond acceptors (Lipinski definition) is 6. The van der Waals surface area contributed by atoms with Crippen molar-refractivity contribution in [3.8, 4) is 0 Å². The highest BCUT2D eigenvalue weighted by Gasteiger charge is 2.44. The average molecular weight is 451 g/mol. The molecule has 0 atom stereocenters. The Bertz CT molecular complexity index is 987. The Morgan fingerprint density at radius 2 is 1.71 bits per heavy atom. The van der Waals surface area contributed by atoms with Crippen LogP contribution < -0.4 is 5.32 Å². The molecule has 2 saturated heterocycles. The number of sulfonamides is 1. The van der Waals surface area contributed by atoms with Gasteiger partial charge in [0.05, 0.1) is 4.90 Å². The van der Waals surface area contributed by atoms with E-state index < -0.39 is 40.3 Å². The molecule has 0 aliphatic carbocycles. The number of urea groups is 1. The highest BCUT2D eigenvalue weighted by molar-refractivity contribution is 7.89. The number of imide groups is 2. The van der Waals surface area contributed by atoms with Crippen LogP contribution in [0.2, 0.25) is 0 Å². The molecular weight excluding hydrogens is 424 g/mol. The van der Waals surface area contributed by atoms with Gasteiger partial charge in [-0.05, 0) is 37.5 Å². The predicted molar refractivity (Wildman–Crippen MR) is 111 cm³/mol. The first kappa shape index (κ1) is 22.9. The first-order valence-electron chi connectivity index (χ1n) is 10.3. The SMILES string of the molecule is CCCCN1C(=O)C(=O)N(CC(=O)Nc2cccc(S(=O)(=O)N3CCCCC3)c2)C1=O. The van der Waals surface area contributed by atoms with Gasteiger partial charge < -0.3 is 5.32 Å². The van der Waals surface area contributed by atoms with Crippen LogP contribution in [-0.2, 0) is 24.4 Å². The molecule has 2 fully saturated rings. The molecule has 1 aromatic carbocycles. The van der Waals surface area contributed by atoms with Gasteiger partial charge in [-0.1, -0.05) is 25.8 Å². The van der Waals surface area contributed by atoms with Crippen LogP contribution >= 0.6 is 0 Å². The van der Waals surface area contributed by atoms with Crippen LogP contribution in [0.1, 0.15) is 39.0 Å². The lowest BCUT2D eigenvalue weighted by atomic mass is 10.2. The van der Waals surface area contributed by atoms with Crippen molar-refractivity contribution in [2.24, 2.45) is 0 Å². The van der Waals surface area contributed by atoms with Crippen LogP contribution in [-0.4, -0.2) is 72.5 Å². The van der Waals surface area contributed by atoms with Gasteiger partial charge in [0.15, 0.2) is 0 Å². The zero-order valence-electron chi connectivity index (χ0n) is 17.4. The van der Waals surface area contributed by atoms with E-state index in [1.165, 1.54) is 28.6 Å². The minimum atomic E-state index is -3.67. The smallest absolute Gasteiger partial charge is 0.324 e. The second-order valence-electron chi connectivity index (χ2n) is 7.52. The van der Waals surface area contributed by atoms with E-state index in [4.69, 9.17) is 0 Å². The van der Waals surface area contributed by atoms with Gasteiger partial charge in [0.2, 0.25) is 15.9 Å². The lowest BCUT2D eigenvalue weighted by molar-refractivity contribution is -0.143. The van der Waals surface area contributed by atoms with E-state index in [9.17, 15) is 27.6 Å². The van der Waals surface area contributed by atoms with Crippen LogP contribution in [0, 0.1) is 0 Å². The van der Waals surface area contributed by atoms with Crippen molar-refractivity contribution >= 4 is 39.5 Å². The van der Waals surface area contributed by atoms with Crippen molar-refractivity contribution in [1.29, 1.82) is 0 Å². The molecule has 2 aliphatic rings. The zero-order valence-corrected chi connectivity index (χ0v) is 18.2. The molecule has 10 nitrogen and oxygen atoms in total. The minimum absolute atomic E-state index is 0.0569. The van der Waals surface area contributed by atoms with E-state index in [1.54, 1.807) is 0 Å². The summed E-state index contributed by atoms with van der Waals surface area (Å²) in [6.45, 7) is 2.29. The second-order valence-corrected chi connectivity index (χ2v) is 9.46. The zero-order chi connectivity index (χ0) is 22.6. The summed E-state index contributed by atoms with van der Waals surface area (Å²) in [5.74, 6) is -2.70. The third kappa shape index (κ3) is 4.93. The third-order valence-corrected chi connectivity index (χ3v) is 7.14. The number of benzene rings is 1. The Hall–Kier alpha value is -2.79. The number of carbonyl (C=O) groups excluding carboxylic acids is 4. The van der Waals surface area contributed by atoms with Gasteiger partial charge in [-0.3, -0.25) is 19.3 Å². The Labute approximate surface area is 181 Å². The van der Waals surface area contributed by atoms with Gasteiger partial charge >= 0.3 is 17.8 Å². The summed E-state index contributed by atoms with van der Waals surface area (Å²) in [4.78, 5) is 50.3. The van der Waals surface area contributed by atoms with E-state index in [1.807, 2.05) is 6.92 Å². The topological polar surface area (TPSA) is 124 Å². The number of unbranched alkanes of at least 4 members (excludes halogenated alkanes) is 1. The van der Waals surface area contributed by atoms with Crippen molar-refractivity contribution in [3.63, 3.8) is 0 Å². The molecule has 2 aliphatic heterocycles. The number of piperidine rings is 1. The van der Waals surface area contributed by atoms with Crippen molar-refractivity contribution in [2.45, 2.75) is 43.9 Å². The number of nitrogens with one attached hydrogen (secondary N) is 1. The van der Waals surface area contributed by atoms with E-state index in [0.29, 0.717) is 24.4 Å². The van der Waals surface area contributed by atoms with Crippen LogP contribution in [0.4, 0.5) is 10.5 Å². The first-order valence-corrected chi connectivity index (χ1v) is 11.8. The fraction of sp³-hybridized carbons (Fsp3) is 0.500. The van der Waals surface area contributed by atoms with Gasteiger partial charge in [0.1, 0.15) is 6.54 Å². The normalized spacial score (nSPS) is 18.0. The second kappa shape index (κ2) is 9.56. The highest BCUT2D eigenvalue weighted by atomic mass is 32.2. The fourth-order valence-electron chi connectivity index (χ4n) is 3.54. The third-order valence-electron chi connectivity index (χ3n) is 5.24. The van der Waals surface area contributed by atoms with E-state index >= 15 is 0 Å². The predicted octanol–water partition coefficient (Wildman–Crippen LogP) is 1.39. The summed E-state index contributed by atoms with van der Waals surface area (Å²) >= 11 is 0. The molecule has 0 saturated carbocycles. The molecule has 0 aromatic heterocycles. The molecule has 168 valence electrons. The molecule has 11 heteroatoms. The molecule has 1 aromatic rings. The summed E-state index contributed by atoms with van der Waals surface area (Å²) in [7, 11) is -3.67. The van der Waals surface area contributed by atoms with E-state index in [2.05, 4.69) is 5.32 Å². The highest BCUT2D eigenvalue weighted by Crippen LogP contribution is 2.23. The number of nitrogens with zero attached hydrogens (tertiary/aromatic N) is 3. The molecule has 0 radical (unpaired) electrons. The summed E-state index contributed by atoms with van der Waals surface area (Å²) in [5, 5.41) is 2.50. The van der Waals surface area contributed by atoms with Gasteiger partial charge in [0, 0.05) is 25.3 Å². The number of carbonyl (C=O) groups is 4. The van der Waals surface area contributed by atoms with Crippen LogP contribution in [0.5, 0.6) is 0 Å². The van der Waals surface area contributed by atoms with E-state index in [-0.39, 0.29) is 17.1 Å². The lowest BCUT2D eigenvalue weighted by Crippen LogP contribution is -2.39. The van der Waals surface area contributed by atoms with Crippen molar-refractivity contribution in [2.75, 3.05) is 31.5 Å². The standard InChI is InChI=1S/C20H26N4O6S/c1-2-3-12-23-18(26)19(27)24(20(23)28)14-17(25)21-15-8-7-9-16(13-15)31(29,30)22-10-5-4-6-11-22/h7-9,13H,2-6,10-12,14H2,1H3,(H,21,25). The van der Waals surface area contributed by atoms with Gasteiger partial charge in [0.25, 0.3) is 0 Å². The van der Waals surface area contributed by atoms with Crippen molar-refractivity contribution in [1.82, 2.24) is 14.1 Å². The quantitative estimate of drug-likeness (QED) is 0.471. The Morgan fingerprint density at radius 3 is 2.39 bits per heavy atom. The summed E-state index contributed by atoms with van der Waals surface area (Å²) in [5.41, 5.74) is 0.219. The van der Waals surface area contributed by atoms with Gasteiger partial charge in [-0.15, -0.1) is 0 Å². The maximum absolute atomic E-state index is 12.8. The molecule has 5 amide bonds. The Balaban J connectivity index is 1.67. The Kier molecular flexibility index (Phi) is 7.06. The number of rotatable bonds is 8. The average Bonchev–Trinajstić information content (AvgIpc) is 2.96. The number of anilines is 1. The minimum Gasteiger partial charge on any atom is -0.324 e. The van der Waals surface area contributed by atoms with Crippen LogP contribution in [0.3, 0.4) is 0 Å². The molecule has 1 N–H and O–H groups in total. The molecule has 31 heavy (non-hydrogen) atoms. The van der Waals surface area contributed by atoms with Crippen LogP contribution in [0.15, 0.2) is 29.2 Å². The van der Waals surface area contributed by atoms with Gasteiger partial charge in [-0.2, -0.15) is 4.31 Å².